The van der Waals surface area contributed by atoms with E-state index in [0.29, 0.717) is 0 Å². The number of nitrogens with zero attached hydrogens (tertiary/aromatic N) is 2. The van der Waals surface area contributed by atoms with E-state index in [-0.39, 0.29) is 24.8 Å². The topological polar surface area (TPSA) is 15.7 Å². The molecule has 2 fully saturated rings. The average molecular weight is 385 g/mol. The highest BCUT2D eigenvalue weighted by Gasteiger charge is 2.10. The molecule has 0 N–H and O–H groups in total. The summed E-state index contributed by atoms with van der Waals surface area (Å²) in [6.07, 6.45) is 5.03. The van der Waals surface area contributed by atoms with Gasteiger partial charge in [-0.3, -0.25) is 9.80 Å². The van der Waals surface area contributed by atoms with Crippen molar-refractivity contribution in [2.75, 3.05) is 45.9 Å². The lowest BCUT2D eigenvalue weighted by molar-refractivity contribution is 0.0390. The first-order chi connectivity index (χ1) is 11.4. The van der Waals surface area contributed by atoms with Gasteiger partial charge in [0.2, 0.25) is 0 Å². The molecule has 1 aromatic rings. The quantitative estimate of drug-likeness (QED) is 0.737. The molecule has 0 aromatic heterocycles. The maximum Gasteiger partial charge on any atom is 0.0594 e. The van der Waals surface area contributed by atoms with Crippen LogP contribution in [0.2, 0.25) is 0 Å². The first kappa shape index (κ1) is 22.3. The number of hydrogen-bond acceptors (Lipinski definition) is 3. The van der Waals surface area contributed by atoms with Gasteiger partial charge in [0.25, 0.3) is 0 Å². The van der Waals surface area contributed by atoms with Gasteiger partial charge in [0.15, 0.2) is 0 Å². The average Bonchev–Trinajstić information content (AvgIpc) is 2.61. The van der Waals surface area contributed by atoms with E-state index < -0.39 is 0 Å². The predicted octanol–water partition coefficient (Wildman–Crippen LogP) is 3.59. The van der Waals surface area contributed by atoms with Crippen LogP contribution in [0.1, 0.15) is 36.8 Å². The van der Waals surface area contributed by atoms with Gasteiger partial charge in [0, 0.05) is 38.2 Å². The van der Waals surface area contributed by atoms with E-state index in [1.165, 1.54) is 37.9 Å². The van der Waals surface area contributed by atoms with Gasteiger partial charge in [0.1, 0.15) is 0 Å². The van der Waals surface area contributed by atoms with E-state index in [1.807, 2.05) is 0 Å². The molecule has 0 amide bonds. The van der Waals surface area contributed by atoms with Gasteiger partial charge < -0.3 is 4.74 Å². The first-order valence-corrected chi connectivity index (χ1v) is 9.00. The van der Waals surface area contributed by atoms with Gasteiger partial charge in [-0.15, -0.1) is 24.8 Å². The fourth-order valence-corrected chi connectivity index (χ4v) is 3.33. The van der Waals surface area contributed by atoms with Crippen LogP contribution in [0.3, 0.4) is 0 Å². The molecule has 0 bridgehead atoms. The van der Waals surface area contributed by atoms with Gasteiger partial charge >= 0.3 is 0 Å². The zero-order chi connectivity index (χ0) is 15.7. The molecule has 2 aliphatic rings. The Morgan fingerprint density at radius 1 is 0.920 bits per heavy atom. The second kappa shape index (κ2) is 12.6. The Bertz CT molecular complexity index is 544. The molecule has 0 radical (unpaired) electrons. The van der Waals surface area contributed by atoms with Crippen LogP contribution < -0.4 is 0 Å². The Labute approximate surface area is 164 Å². The van der Waals surface area contributed by atoms with Crippen LogP contribution in [0, 0.1) is 11.8 Å². The number of hydrogen-bond donors (Lipinski definition) is 0. The Balaban J connectivity index is 0.00000156. The van der Waals surface area contributed by atoms with Crippen LogP contribution in [0.5, 0.6) is 0 Å². The Morgan fingerprint density at radius 3 is 2.44 bits per heavy atom. The van der Waals surface area contributed by atoms with Gasteiger partial charge in [-0.05, 0) is 43.6 Å². The van der Waals surface area contributed by atoms with E-state index in [4.69, 9.17) is 4.74 Å². The molecule has 5 heteroatoms. The summed E-state index contributed by atoms with van der Waals surface area (Å²) in [6, 6.07) is 8.76. The minimum atomic E-state index is 0. The molecule has 1 aromatic carbocycles. The number of morpholine rings is 1. The first-order valence-electron chi connectivity index (χ1n) is 9.00. The van der Waals surface area contributed by atoms with Crippen LogP contribution >= 0.6 is 24.8 Å². The summed E-state index contributed by atoms with van der Waals surface area (Å²) in [5, 5.41) is 0. The molecule has 2 saturated heterocycles. The molecule has 0 unspecified atom stereocenters. The highest BCUT2D eigenvalue weighted by Crippen LogP contribution is 2.13. The Morgan fingerprint density at radius 2 is 1.68 bits per heavy atom. The van der Waals surface area contributed by atoms with Crippen molar-refractivity contribution >= 4 is 24.8 Å². The fourth-order valence-electron chi connectivity index (χ4n) is 3.33. The molecule has 2 heterocycles. The molecule has 2 aliphatic heterocycles. The van der Waals surface area contributed by atoms with Crippen molar-refractivity contribution in [2.45, 2.75) is 32.2 Å². The summed E-state index contributed by atoms with van der Waals surface area (Å²) < 4.78 is 5.37. The van der Waals surface area contributed by atoms with E-state index in [9.17, 15) is 0 Å². The van der Waals surface area contributed by atoms with Crippen molar-refractivity contribution in [3.05, 3.63) is 35.4 Å². The highest BCUT2D eigenvalue weighted by atomic mass is 35.5. The molecule has 25 heavy (non-hydrogen) atoms. The van der Waals surface area contributed by atoms with Gasteiger partial charge in [-0.25, -0.2) is 0 Å². The van der Waals surface area contributed by atoms with Crippen LogP contribution in [0.25, 0.3) is 0 Å². The van der Waals surface area contributed by atoms with Crippen molar-refractivity contribution < 1.29 is 4.74 Å². The number of rotatable bonds is 4. The van der Waals surface area contributed by atoms with Gasteiger partial charge in [-0.2, -0.15) is 0 Å². The lowest BCUT2D eigenvalue weighted by Gasteiger charge is -2.26. The lowest BCUT2D eigenvalue weighted by Crippen LogP contribution is -2.36. The summed E-state index contributed by atoms with van der Waals surface area (Å²) in [5.41, 5.74) is 2.55. The molecule has 0 saturated carbocycles. The molecule has 3 nitrogen and oxygen atoms in total. The second-order valence-corrected chi connectivity index (χ2v) is 6.54. The molecule has 3 rings (SSSR count). The largest absolute Gasteiger partial charge is 0.379 e. The third-order valence-corrected chi connectivity index (χ3v) is 4.67. The monoisotopic (exact) mass is 384 g/mol. The van der Waals surface area contributed by atoms with E-state index in [2.05, 4.69) is 45.9 Å². The molecule has 0 spiro atoms. The van der Waals surface area contributed by atoms with Crippen LogP contribution in [0.4, 0.5) is 0 Å². The summed E-state index contributed by atoms with van der Waals surface area (Å²) in [6.45, 7) is 8.45. The normalized spacial score (nSPS) is 18.4. The SMILES string of the molecule is C(#Cc1cccc(CN2CCCCC2)c1)CCN1CCOCC1.Cl.Cl. The van der Waals surface area contributed by atoms with E-state index >= 15 is 0 Å². The van der Waals surface area contributed by atoms with Crippen LogP contribution in [0.15, 0.2) is 24.3 Å². The molecule has 0 atom stereocenters. The maximum atomic E-state index is 5.37. The van der Waals surface area contributed by atoms with Gasteiger partial charge in [-0.1, -0.05) is 30.4 Å². The molecular formula is C20H30Cl2N2O. The lowest BCUT2D eigenvalue weighted by atomic mass is 10.1. The summed E-state index contributed by atoms with van der Waals surface area (Å²) in [4.78, 5) is 5.00. The number of piperidine rings is 1. The zero-order valence-corrected chi connectivity index (χ0v) is 16.5. The standard InChI is InChI=1S/C20H28N2O.2ClH/c1-3-11-22(12-4-1)18-20-9-6-8-19(17-20)7-2-5-10-21-13-15-23-16-14-21;;/h6,8-9,17H,1,3-5,10-16,18H2;2*1H. The maximum absolute atomic E-state index is 5.37. The Hall–Kier alpha value is -0.760. The zero-order valence-electron chi connectivity index (χ0n) is 14.9. The van der Waals surface area contributed by atoms with Crippen molar-refractivity contribution in [1.82, 2.24) is 9.80 Å². The van der Waals surface area contributed by atoms with Crippen LogP contribution in [-0.4, -0.2) is 55.7 Å². The second-order valence-electron chi connectivity index (χ2n) is 6.54. The van der Waals surface area contributed by atoms with Crippen LogP contribution in [-0.2, 0) is 11.3 Å². The van der Waals surface area contributed by atoms with Crippen molar-refractivity contribution in [3.63, 3.8) is 0 Å². The van der Waals surface area contributed by atoms with Crippen molar-refractivity contribution in [2.24, 2.45) is 0 Å². The fraction of sp³-hybridized carbons (Fsp3) is 0.600. The molecule has 0 aliphatic carbocycles. The minimum absolute atomic E-state index is 0. The third-order valence-electron chi connectivity index (χ3n) is 4.67. The number of likely N-dealkylation sites (tertiary alicyclic amines) is 1. The molecular weight excluding hydrogens is 355 g/mol. The predicted molar refractivity (Wildman–Crippen MR) is 109 cm³/mol. The summed E-state index contributed by atoms with van der Waals surface area (Å²) in [5.74, 6) is 6.67. The van der Waals surface area contributed by atoms with Gasteiger partial charge in [0.05, 0.1) is 13.2 Å². The summed E-state index contributed by atoms with van der Waals surface area (Å²) in [7, 11) is 0. The number of benzene rings is 1. The van der Waals surface area contributed by atoms with E-state index in [0.717, 1.165) is 51.4 Å². The van der Waals surface area contributed by atoms with E-state index in [1.54, 1.807) is 0 Å². The molecule has 140 valence electrons. The smallest absolute Gasteiger partial charge is 0.0594 e. The minimum Gasteiger partial charge on any atom is -0.379 e. The number of ether oxygens (including phenoxy) is 1. The Kier molecular flexibility index (Phi) is 11.2. The third kappa shape index (κ3) is 7.98. The van der Waals surface area contributed by atoms with Crippen molar-refractivity contribution in [3.8, 4) is 11.8 Å². The highest BCUT2D eigenvalue weighted by molar-refractivity contribution is 5.85. The van der Waals surface area contributed by atoms with Crippen molar-refractivity contribution in [1.29, 1.82) is 0 Å². The summed E-state index contributed by atoms with van der Waals surface area (Å²) >= 11 is 0. The number of halogens is 2.